The van der Waals surface area contributed by atoms with Crippen LogP contribution < -0.4 is 4.72 Å². The number of hydrogen-bond donors (Lipinski definition) is 1. The maximum Gasteiger partial charge on any atom is 0.360 e. The van der Waals surface area contributed by atoms with Gasteiger partial charge in [0.1, 0.15) is 0 Å². The van der Waals surface area contributed by atoms with Gasteiger partial charge >= 0.3 is 7.60 Å². The summed E-state index contributed by atoms with van der Waals surface area (Å²) in [4.78, 5) is 12.5. The molecule has 1 aromatic carbocycles. The minimum atomic E-state index is -4.08. The smallest absolute Gasteiger partial charge is 0.307 e. The highest BCUT2D eigenvalue weighted by molar-refractivity contribution is 9.12. The first-order chi connectivity index (χ1) is 12.2. The van der Waals surface area contributed by atoms with Crippen LogP contribution in [0.2, 0.25) is 0 Å². The Kier molecular flexibility index (Phi) is 6.64. The highest BCUT2D eigenvalue weighted by Gasteiger charge is 2.56. The molecule has 1 aromatic rings. The number of halogens is 1. The van der Waals surface area contributed by atoms with Crippen LogP contribution in [0.1, 0.15) is 36.7 Å². The van der Waals surface area contributed by atoms with Crippen LogP contribution in [0.15, 0.2) is 34.8 Å². The Morgan fingerprint density at radius 3 is 2.27 bits per heavy atom. The molecular weight excluding hydrogens is 445 g/mol. The van der Waals surface area contributed by atoms with Crippen molar-refractivity contribution in [3.63, 3.8) is 0 Å². The molecule has 1 N–H and O–H groups in total. The van der Waals surface area contributed by atoms with Crippen LogP contribution in [0, 0.1) is 0 Å². The average Bonchev–Trinajstić information content (AvgIpc) is 2.59. The molecule has 7 nitrogen and oxygen atoms in total. The zero-order valence-electron chi connectivity index (χ0n) is 14.7. The van der Waals surface area contributed by atoms with Crippen molar-refractivity contribution >= 4 is 39.3 Å². The Morgan fingerprint density at radius 1 is 1.15 bits per heavy atom. The molecule has 1 aliphatic rings. The largest absolute Gasteiger partial charge is 0.360 e. The summed E-state index contributed by atoms with van der Waals surface area (Å²) in [6.45, 7) is 4.79. The van der Waals surface area contributed by atoms with Crippen LogP contribution in [0.3, 0.4) is 0 Å². The molecule has 144 valence electrons. The molecule has 2 rings (SSSR count). The van der Waals surface area contributed by atoms with Gasteiger partial charge in [0, 0.05) is 11.1 Å². The molecule has 0 bridgehead atoms. The molecule has 10 heteroatoms. The Labute approximate surface area is 161 Å². The van der Waals surface area contributed by atoms with Crippen molar-refractivity contribution in [3.8, 4) is 0 Å². The maximum atomic E-state index is 13.8. The molecule has 0 aromatic heterocycles. The summed E-state index contributed by atoms with van der Waals surface area (Å²) >= 11 is 3.17. The number of benzene rings is 1. The highest BCUT2D eigenvalue weighted by atomic mass is 79.9. The normalized spacial score (nSPS) is 20.6. The van der Waals surface area contributed by atoms with Crippen molar-refractivity contribution in [1.29, 1.82) is 0 Å². The first-order valence-corrected chi connectivity index (χ1v) is 12.1. The van der Waals surface area contributed by atoms with Crippen molar-refractivity contribution in [1.82, 2.24) is 4.72 Å². The number of Topliss-reactive ketones (excluding diaryl/α,β-unsaturated/α-hetero) is 1. The summed E-state index contributed by atoms with van der Waals surface area (Å²) in [5, 5.41) is -1.85. The SMILES string of the molecule is CCOP(=O)(OCC)C1(NS(=O)(=O)CC)C=C(Br)C(=O)c2ccccc21. The summed E-state index contributed by atoms with van der Waals surface area (Å²) in [5.41, 5.74) is 0.454. The third kappa shape index (κ3) is 3.74. The van der Waals surface area contributed by atoms with Gasteiger partial charge in [-0.05, 0) is 42.8 Å². The molecule has 0 amide bonds. The van der Waals surface area contributed by atoms with Crippen LogP contribution in [0.4, 0.5) is 0 Å². The predicted octanol–water partition coefficient (Wildman–Crippen LogP) is 3.52. The summed E-state index contributed by atoms with van der Waals surface area (Å²) in [6, 6.07) is 6.37. The van der Waals surface area contributed by atoms with Crippen LogP contribution in [0.25, 0.3) is 0 Å². The fourth-order valence-corrected chi connectivity index (χ4v) is 7.05. The number of nitrogens with one attached hydrogen (secondary N) is 1. The van der Waals surface area contributed by atoms with Crippen LogP contribution in [-0.4, -0.2) is 33.2 Å². The molecule has 0 heterocycles. The van der Waals surface area contributed by atoms with Gasteiger partial charge in [0.25, 0.3) is 0 Å². The number of allylic oxidation sites excluding steroid dienone is 1. The van der Waals surface area contributed by atoms with Gasteiger partial charge in [-0.2, -0.15) is 4.72 Å². The number of carbonyl (C=O) groups excluding carboxylic acids is 1. The van der Waals surface area contributed by atoms with E-state index in [1.165, 1.54) is 13.0 Å². The molecule has 26 heavy (non-hydrogen) atoms. The van der Waals surface area contributed by atoms with Crippen LogP contribution >= 0.6 is 23.5 Å². The lowest BCUT2D eigenvalue weighted by Crippen LogP contribution is -2.48. The molecule has 0 saturated carbocycles. The van der Waals surface area contributed by atoms with Crippen LogP contribution in [-0.2, 0) is 28.9 Å². The van der Waals surface area contributed by atoms with E-state index in [9.17, 15) is 17.8 Å². The van der Waals surface area contributed by atoms with Crippen molar-refractivity contribution in [2.75, 3.05) is 19.0 Å². The maximum absolute atomic E-state index is 13.8. The summed E-state index contributed by atoms with van der Waals surface area (Å²) in [6.07, 6.45) is 1.27. The minimum Gasteiger partial charge on any atom is -0.307 e. The second kappa shape index (κ2) is 8.04. The zero-order chi connectivity index (χ0) is 19.6. The molecule has 0 aliphatic heterocycles. The number of carbonyl (C=O) groups is 1. The fourth-order valence-electron chi connectivity index (χ4n) is 2.73. The number of fused-ring (bicyclic) bond motifs is 1. The van der Waals surface area contributed by atoms with Gasteiger partial charge in [-0.3, -0.25) is 9.36 Å². The van der Waals surface area contributed by atoms with Crippen molar-refractivity contribution in [2.24, 2.45) is 0 Å². The first kappa shape index (κ1) is 21.5. The van der Waals surface area contributed by atoms with Crippen molar-refractivity contribution < 1.29 is 26.8 Å². The highest BCUT2D eigenvalue weighted by Crippen LogP contribution is 2.66. The molecule has 0 radical (unpaired) electrons. The lowest BCUT2D eigenvalue weighted by atomic mass is 9.92. The second-order valence-corrected chi connectivity index (χ2v) is 10.6. The molecule has 1 aliphatic carbocycles. The fraction of sp³-hybridized carbons (Fsp3) is 0.438. The van der Waals surface area contributed by atoms with Gasteiger partial charge in [0.15, 0.2) is 11.1 Å². The van der Waals surface area contributed by atoms with E-state index < -0.39 is 22.9 Å². The van der Waals surface area contributed by atoms with E-state index in [1.807, 2.05) is 0 Å². The van der Waals surface area contributed by atoms with Crippen molar-refractivity contribution in [3.05, 3.63) is 46.0 Å². The Bertz CT molecular complexity index is 874. The lowest BCUT2D eigenvalue weighted by Gasteiger charge is -2.40. The Morgan fingerprint density at radius 2 is 1.73 bits per heavy atom. The van der Waals surface area contributed by atoms with Gasteiger partial charge < -0.3 is 9.05 Å². The number of rotatable bonds is 8. The van der Waals surface area contributed by atoms with E-state index in [2.05, 4.69) is 20.7 Å². The van der Waals surface area contributed by atoms with E-state index in [1.54, 1.807) is 38.1 Å². The van der Waals surface area contributed by atoms with Gasteiger partial charge in [0.2, 0.25) is 10.0 Å². The molecule has 0 spiro atoms. The summed E-state index contributed by atoms with van der Waals surface area (Å²) in [5.74, 6) is -0.583. The quantitative estimate of drug-likeness (QED) is 0.589. The van der Waals surface area contributed by atoms with Gasteiger partial charge in [-0.25, -0.2) is 8.42 Å². The van der Waals surface area contributed by atoms with E-state index in [-0.39, 0.29) is 40.4 Å². The van der Waals surface area contributed by atoms with E-state index >= 15 is 0 Å². The monoisotopic (exact) mass is 465 g/mol. The summed E-state index contributed by atoms with van der Waals surface area (Å²) in [7, 11) is -7.92. The standard InChI is InChI=1S/C16H21BrNO6PS/c1-4-23-25(20,24-5-2)16(18-26(21,22)6-3)11-14(17)15(19)12-9-7-8-10-13(12)16/h7-11,18H,4-6H2,1-3H3. The van der Waals surface area contributed by atoms with Crippen molar-refractivity contribution in [2.45, 2.75) is 26.1 Å². The average molecular weight is 466 g/mol. The summed E-state index contributed by atoms with van der Waals surface area (Å²) < 4.78 is 52.2. The number of ketones is 1. The second-order valence-electron chi connectivity index (χ2n) is 5.47. The third-order valence-corrected chi connectivity index (χ3v) is 8.53. The predicted molar refractivity (Wildman–Crippen MR) is 103 cm³/mol. The topological polar surface area (TPSA) is 98.8 Å². The minimum absolute atomic E-state index is 0.0362. The van der Waals surface area contributed by atoms with Crippen LogP contribution in [0.5, 0.6) is 0 Å². The molecule has 0 saturated heterocycles. The third-order valence-electron chi connectivity index (χ3n) is 3.86. The zero-order valence-corrected chi connectivity index (χ0v) is 18.0. The van der Waals surface area contributed by atoms with Gasteiger partial charge in [-0.1, -0.05) is 24.3 Å². The van der Waals surface area contributed by atoms with E-state index in [4.69, 9.17) is 9.05 Å². The van der Waals surface area contributed by atoms with Gasteiger partial charge in [-0.15, -0.1) is 0 Å². The molecule has 1 unspecified atom stereocenters. The molecule has 0 fully saturated rings. The first-order valence-electron chi connectivity index (χ1n) is 8.09. The molecular formula is C16H21BrNO6PS. The van der Waals surface area contributed by atoms with E-state index in [0.29, 0.717) is 0 Å². The lowest BCUT2D eigenvalue weighted by molar-refractivity contribution is 0.103. The molecule has 1 atom stereocenters. The van der Waals surface area contributed by atoms with E-state index in [0.717, 1.165) is 0 Å². The van der Waals surface area contributed by atoms with Gasteiger partial charge in [0.05, 0.1) is 23.4 Å². The Hall–Kier alpha value is -0.830. The Balaban J connectivity index is 2.89. The number of hydrogen-bond acceptors (Lipinski definition) is 6. The number of sulfonamides is 1.